The molecular weight excluding hydrogens is 325 g/mol. The highest BCUT2D eigenvalue weighted by Crippen LogP contribution is 2.38. The number of aromatic nitrogens is 1. The second kappa shape index (κ2) is 6.99. The summed E-state index contributed by atoms with van der Waals surface area (Å²) < 4.78 is 13.1. The molecule has 0 saturated carbocycles. The molecule has 0 fully saturated rings. The molecule has 1 amide bonds. The van der Waals surface area contributed by atoms with Gasteiger partial charge in [-0.05, 0) is 49.4 Å². The quantitative estimate of drug-likeness (QED) is 0.890. The summed E-state index contributed by atoms with van der Waals surface area (Å²) in [4.78, 5) is 18.1. The third-order valence-electron chi connectivity index (χ3n) is 4.38. The van der Waals surface area contributed by atoms with Crippen molar-refractivity contribution in [3.05, 3.63) is 40.7 Å². The maximum absolute atomic E-state index is 13.1. The Balaban J connectivity index is 1.83. The molecule has 1 aliphatic rings. The van der Waals surface area contributed by atoms with Gasteiger partial charge in [-0.15, -0.1) is 11.3 Å². The number of hydrogen-bond acceptors (Lipinski definition) is 4. The molecule has 2 aromatic rings. The molecule has 24 heavy (non-hydrogen) atoms. The number of nitrogens with two attached hydrogens (primary N) is 1. The lowest BCUT2D eigenvalue weighted by molar-refractivity contribution is -0.124. The van der Waals surface area contributed by atoms with E-state index in [0.29, 0.717) is 0 Å². The van der Waals surface area contributed by atoms with Crippen LogP contribution in [0.1, 0.15) is 43.3 Å². The molecule has 6 heteroatoms. The van der Waals surface area contributed by atoms with Crippen LogP contribution in [0.3, 0.4) is 0 Å². The molecule has 3 rings (SSSR count). The largest absolute Gasteiger partial charge is 0.347 e. The van der Waals surface area contributed by atoms with Gasteiger partial charge in [-0.25, -0.2) is 9.37 Å². The second-order valence-corrected chi connectivity index (χ2v) is 7.59. The van der Waals surface area contributed by atoms with E-state index in [1.54, 1.807) is 23.5 Å². The number of benzene rings is 1. The molecular formula is C18H22FN3OS. The highest BCUT2D eigenvalue weighted by Gasteiger charge is 2.28. The van der Waals surface area contributed by atoms with Crippen molar-refractivity contribution in [1.29, 1.82) is 0 Å². The predicted octanol–water partition coefficient (Wildman–Crippen LogP) is 3.43. The zero-order chi connectivity index (χ0) is 17.3. The van der Waals surface area contributed by atoms with E-state index in [0.717, 1.165) is 40.4 Å². The van der Waals surface area contributed by atoms with Gasteiger partial charge in [0, 0.05) is 5.56 Å². The molecule has 1 aromatic carbocycles. The molecule has 128 valence electrons. The minimum atomic E-state index is -0.500. The fourth-order valence-corrected chi connectivity index (χ4v) is 4.05. The van der Waals surface area contributed by atoms with Crippen molar-refractivity contribution in [2.45, 2.75) is 45.2 Å². The van der Waals surface area contributed by atoms with Crippen molar-refractivity contribution in [3.63, 3.8) is 0 Å². The van der Waals surface area contributed by atoms with Crippen LogP contribution in [-0.2, 0) is 11.2 Å². The smallest absolute Gasteiger partial charge is 0.237 e. The summed E-state index contributed by atoms with van der Waals surface area (Å²) in [6.07, 6.45) is 2.80. The zero-order valence-corrected chi connectivity index (χ0v) is 14.7. The van der Waals surface area contributed by atoms with Crippen LogP contribution in [0.15, 0.2) is 24.3 Å². The van der Waals surface area contributed by atoms with Crippen molar-refractivity contribution >= 4 is 17.2 Å². The first-order chi connectivity index (χ1) is 11.5. The highest BCUT2D eigenvalue weighted by molar-refractivity contribution is 7.15. The highest BCUT2D eigenvalue weighted by atomic mass is 32.1. The average molecular weight is 347 g/mol. The van der Waals surface area contributed by atoms with Crippen molar-refractivity contribution in [3.8, 4) is 10.6 Å². The van der Waals surface area contributed by atoms with Gasteiger partial charge in [0.25, 0.3) is 0 Å². The Labute approximate surface area is 145 Å². The molecule has 0 aliphatic heterocycles. The fraction of sp³-hybridized carbons (Fsp3) is 0.444. The first-order valence-electron chi connectivity index (χ1n) is 8.27. The Morgan fingerprint density at radius 2 is 2.08 bits per heavy atom. The summed E-state index contributed by atoms with van der Waals surface area (Å²) in [6, 6.07) is 5.83. The van der Waals surface area contributed by atoms with E-state index in [1.807, 2.05) is 13.8 Å². The topological polar surface area (TPSA) is 68.0 Å². The number of amides is 1. The predicted molar refractivity (Wildman–Crippen MR) is 94.1 cm³/mol. The number of nitrogens with one attached hydrogen (secondary N) is 1. The van der Waals surface area contributed by atoms with E-state index < -0.39 is 6.04 Å². The van der Waals surface area contributed by atoms with E-state index in [9.17, 15) is 9.18 Å². The number of aryl methyl sites for hydroxylation is 1. The number of hydrogen-bond donors (Lipinski definition) is 2. The van der Waals surface area contributed by atoms with E-state index in [4.69, 9.17) is 10.7 Å². The van der Waals surface area contributed by atoms with E-state index in [-0.39, 0.29) is 23.7 Å². The zero-order valence-electron chi connectivity index (χ0n) is 13.9. The number of rotatable bonds is 4. The van der Waals surface area contributed by atoms with Crippen LogP contribution in [-0.4, -0.2) is 16.9 Å². The molecule has 0 spiro atoms. The van der Waals surface area contributed by atoms with Gasteiger partial charge in [0.1, 0.15) is 10.8 Å². The minimum absolute atomic E-state index is 0.0299. The first-order valence-corrected chi connectivity index (χ1v) is 9.09. The molecule has 0 saturated heterocycles. The lowest BCUT2D eigenvalue weighted by Gasteiger charge is -2.25. The number of fused-ring (bicyclic) bond motifs is 1. The number of thiazole rings is 1. The normalized spacial score (nSPS) is 18.3. The summed E-state index contributed by atoms with van der Waals surface area (Å²) >= 11 is 1.58. The Hall–Kier alpha value is -1.79. The maximum Gasteiger partial charge on any atom is 0.237 e. The first kappa shape index (κ1) is 17.0. The molecule has 1 unspecified atom stereocenters. The molecule has 4 nitrogen and oxygen atoms in total. The van der Waals surface area contributed by atoms with Gasteiger partial charge in [-0.3, -0.25) is 4.79 Å². The Bertz CT molecular complexity index is 726. The van der Waals surface area contributed by atoms with Crippen molar-refractivity contribution < 1.29 is 9.18 Å². The van der Waals surface area contributed by atoms with Crippen LogP contribution < -0.4 is 11.1 Å². The molecule has 1 heterocycles. The van der Waals surface area contributed by atoms with Crippen molar-refractivity contribution in [2.75, 3.05) is 0 Å². The van der Waals surface area contributed by atoms with Gasteiger partial charge in [0.2, 0.25) is 5.91 Å². The molecule has 3 N–H and O–H groups in total. The van der Waals surface area contributed by atoms with Gasteiger partial charge in [-0.2, -0.15) is 0 Å². The van der Waals surface area contributed by atoms with E-state index in [1.165, 1.54) is 12.1 Å². The fourth-order valence-electron chi connectivity index (χ4n) is 2.84. The van der Waals surface area contributed by atoms with Crippen LogP contribution in [0.25, 0.3) is 10.6 Å². The van der Waals surface area contributed by atoms with Crippen LogP contribution in [0.4, 0.5) is 4.39 Å². The van der Waals surface area contributed by atoms with E-state index >= 15 is 0 Å². The maximum atomic E-state index is 13.1. The number of nitrogens with zero attached hydrogens (tertiary/aromatic N) is 1. The Morgan fingerprint density at radius 1 is 1.38 bits per heavy atom. The molecule has 1 aliphatic carbocycles. The number of halogens is 1. The average Bonchev–Trinajstić information content (AvgIpc) is 2.99. The lowest BCUT2D eigenvalue weighted by atomic mass is 9.97. The van der Waals surface area contributed by atoms with Crippen LogP contribution in [0.2, 0.25) is 0 Å². The van der Waals surface area contributed by atoms with Gasteiger partial charge in [-0.1, -0.05) is 13.8 Å². The van der Waals surface area contributed by atoms with Gasteiger partial charge in [0.05, 0.1) is 22.7 Å². The Morgan fingerprint density at radius 3 is 2.75 bits per heavy atom. The lowest BCUT2D eigenvalue weighted by Crippen LogP contribution is -2.45. The third-order valence-corrected chi connectivity index (χ3v) is 5.64. The van der Waals surface area contributed by atoms with Gasteiger partial charge in [0.15, 0.2) is 0 Å². The number of carbonyl (C=O) groups excluding carboxylic acids is 1. The second-order valence-electron chi connectivity index (χ2n) is 6.56. The number of carbonyl (C=O) groups is 1. The molecule has 1 aromatic heterocycles. The SMILES string of the molecule is CC(C)[C@H](N)C(=O)NC1CCCc2nc(-c3ccc(F)cc3)sc21. The van der Waals surface area contributed by atoms with E-state index in [2.05, 4.69) is 5.32 Å². The molecule has 0 radical (unpaired) electrons. The van der Waals surface area contributed by atoms with Crippen LogP contribution in [0.5, 0.6) is 0 Å². The van der Waals surface area contributed by atoms with Gasteiger partial charge < -0.3 is 11.1 Å². The van der Waals surface area contributed by atoms with Crippen molar-refractivity contribution in [1.82, 2.24) is 10.3 Å². The Kier molecular flexibility index (Phi) is 4.96. The summed E-state index contributed by atoms with van der Waals surface area (Å²) in [7, 11) is 0. The summed E-state index contributed by atoms with van der Waals surface area (Å²) in [5, 5.41) is 3.95. The minimum Gasteiger partial charge on any atom is -0.347 e. The molecule has 0 bridgehead atoms. The monoisotopic (exact) mass is 347 g/mol. The summed E-state index contributed by atoms with van der Waals surface area (Å²) in [5.41, 5.74) is 7.89. The summed E-state index contributed by atoms with van der Waals surface area (Å²) in [6.45, 7) is 3.88. The van der Waals surface area contributed by atoms with Crippen LogP contribution in [0, 0.1) is 11.7 Å². The third kappa shape index (κ3) is 3.49. The molecule has 2 atom stereocenters. The van der Waals surface area contributed by atoms with Gasteiger partial charge >= 0.3 is 0 Å². The summed E-state index contributed by atoms with van der Waals surface area (Å²) in [5.74, 6) is -0.267. The van der Waals surface area contributed by atoms with Crippen molar-refractivity contribution in [2.24, 2.45) is 11.7 Å². The standard InChI is InChI=1S/C18H22FN3OS/c1-10(2)15(20)17(23)21-13-4-3-5-14-16(13)24-18(22-14)11-6-8-12(19)9-7-11/h6-10,13,15H,3-5,20H2,1-2H3,(H,21,23)/t13?,15-/m0/s1. The van der Waals surface area contributed by atoms with Crippen LogP contribution >= 0.6 is 11.3 Å².